The molecule has 1 aromatic carbocycles. The van der Waals surface area contributed by atoms with Gasteiger partial charge in [0.2, 0.25) is 15.9 Å². The lowest BCUT2D eigenvalue weighted by Crippen LogP contribution is -2.49. The molecule has 160 valence electrons. The molecule has 30 heavy (non-hydrogen) atoms. The van der Waals surface area contributed by atoms with E-state index in [-0.39, 0.29) is 17.3 Å². The molecule has 2 unspecified atom stereocenters. The molecule has 7 heteroatoms. The first-order chi connectivity index (χ1) is 14.5. The number of fused-ring (bicyclic) bond motifs is 1. The summed E-state index contributed by atoms with van der Waals surface area (Å²) in [6.07, 6.45) is 12.1. The molecule has 2 atom stereocenters. The molecule has 1 aliphatic carbocycles. The molecule has 1 saturated carbocycles. The number of hydrogen-bond acceptors (Lipinski definition) is 4. The maximum atomic E-state index is 12.8. The van der Waals surface area contributed by atoms with Crippen LogP contribution in [0, 0.1) is 5.92 Å². The van der Waals surface area contributed by atoms with Gasteiger partial charge in [0.1, 0.15) is 5.76 Å². The molecule has 2 heterocycles. The topological polar surface area (TPSA) is 79.6 Å². The van der Waals surface area contributed by atoms with Crippen LogP contribution in [-0.4, -0.2) is 31.8 Å². The predicted molar refractivity (Wildman–Crippen MR) is 115 cm³/mol. The molecule has 1 N–H and O–H groups in total. The number of likely N-dealkylation sites (tertiary alicyclic amines) is 1. The Labute approximate surface area is 178 Å². The zero-order chi connectivity index (χ0) is 21.0. The van der Waals surface area contributed by atoms with Gasteiger partial charge in [0.05, 0.1) is 17.7 Å². The number of furan rings is 1. The number of carbonyl (C=O) groups is 1. The Hall–Kier alpha value is -2.38. The lowest BCUT2D eigenvalue weighted by atomic mass is 9.78. The lowest BCUT2D eigenvalue weighted by Gasteiger charge is -2.43. The fourth-order valence-corrected chi connectivity index (χ4v) is 5.58. The van der Waals surface area contributed by atoms with E-state index in [0.29, 0.717) is 17.7 Å². The number of hydrogen-bond donors (Lipinski definition) is 1. The van der Waals surface area contributed by atoms with Gasteiger partial charge >= 0.3 is 0 Å². The number of benzene rings is 1. The van der Waals surface area contributed by atoms with Gasteiger partial charge in [-0.1, -0.05) is 25.0 Å². The van der Waals surface area contributed by atoms with Gasteiger partial charge < -0.3 is 9.32 Å². The summed E-state index contributed by atoms with van der Waals surface area (Å²) < 4.78 is 32.5. The van der Waals surface area contributed by atoms with Crippen molar-refractivity contribution in [2.45, 2.75) is 56.0 Å². The molecule has 1 saturated heterocycles. The van der Waals surface area contributed by atoms with E-state index in [9.17, 15) is 13.2 Å². The molecule has 6 nitrogen and oxygen atoms in total. The van der Waals surface area contributed by atoms with Crippen molar-refractivity contribution in [1.29, 1.82) is 0 Å². The standard InChI is InChI=1S/C23H28N2O4S/c26-23(25-15-3-6-19-5-1-2-8-22(19)25)14-11-18-9-12-21(13-10-18)30(27,28)24-17-20-7-4-16-29-20/h4,7,9-14,16,19,22,24H,1-3,5-6,8,15,17H2/b14-11+. The highest BCUT2D eigenvalue weighted by molar-refractivity contribution is 7.89. The minimum Gasteiger partial charge on any atom is -0.468 e. The monoisotopic (exact) mass is 428 g/mol. The van der Waals surface area contributed by atoms with Crippen LogP contribution in [0.4, 0.5) is 0 Å². The zero-order valence-electron chi connectivity index (χ0n) is 17.0. The van der Waals surface area contributed by atoms with Crippen molar-refractivity contribution in [3.8, 4) is 0 Å². The molecular weight excluding hydrogens is 400 g/mol. The summed E-state index contributed by atoms with van der Waals surface area (Å²) in [6, 6.07) is 10.3. The van der Waals surface area contributed by atoms with Crippen molar-refractivity contribution in [2.24, 2.45) is 5.92 Å². The highest BCUT2D eigenvalue weighted by Crippen LogP contribution is 2.35. The Morgan fingerprint density at radius 2 is 1.87 bits per heavy atom. The third-order valence-electron chi connectivity index (χ3n) is 6.15. The average Bonchev–Trinajstić information content (AvgIpc) is 3.30. The van der Waals surface area contributed by atoms with Crippen LogP contribution in [0.2, 0.25) is 0 Å². The number of amides is 1. The molecule has 0 bridgehead atoms. The summed E-state index contributed by atoms with van der Waals surface area (Å²) in [5.74, 6) is 1.26. The first-order valence-corrected chi connectivity index (χ1v) is 12.1. The number of nitrogens with one attached hydrogen (secondary N) is 1. The third kappa shape index (κ3) is 4.84. The Morgan fingerprint density at radius 3 is 2.63 bits per heavy atom. The molecule has 2 aliphatic rings. The molecule has 1 aliphatic heterocycles. The summed E-state index contributed by atoms with van der Waals surface area (Å²) in [7, 11) is -3.62. The Morgan fingerprint density at radius 1 is 1.10 bits per heavy atom. The molecule has 2 fully saturated rings. The Balaban J connectivity index is 1.37. The smallest absolute Gasteiger partial charge is 0.246 e. The van der Waals surface area contributed by atoms with E-state index in [1.165, 1.54) is 31.9 Å². The second-order valence-electron chi connectivity index (χ2n) is 8.09. The van der Waals surface area contributed by atoms with E-state index in [2.05, 4.69) is 4.72 Å². The fraction of sp³-hybridized carbons (Fsp3) is 0.435. The second-order valence-corrected chi connectivity index (χ2v) is 9.86. The Kier molecular flexibility index (Phi) is 6.39. The van der Waals surface area contributed by atoms with Gasteiger partial charge in [0, 0.05) is 18.7 Å². The highest BCUT2D eigenvalue weighted by Gasteiger charge is 2.34. The molecule has 1 aromatic heterocycles. The van der Waals surface area contributed by atoms with Crippen molar-refractivity contribution in [1.82, 2.24) is 9.62 Å². The summed E-state index contributed by atoms with van der Waals surface area (Å²) in [4.78, 5) is 15.0. The van der Waals surface area contributed by atoms with Crippen molar-refractivity contribution >= 4 is 22.0 Å². The van der Waals surface area contributed by atoms with Crippen molar-refractivity contribution < 1.29 is 17.6 Å². The largest absolute Gasteiger partial charge is 0.468 e. The molecule has 0 spiro atoms. The van der Waals surface area contributed by atoms with Crippen LogP contribution in [0.15, 0.2) is 58.1 Å². The number of carbonyl (C=O) groups excluding carboxylic acids is 1. The van der Waals surface area contributed by atoms with Crippen molar-refractivity contribution in [3.63, 3.8) is 0 Å². The van der Waals surface area contributed by atoms with Gasteiger partial charge in [-0.2, -0.15) is 0 Å². The van der Waals surface area contributed by atoms with Crippen LogP contribution in [0.3, 0.4) is 0 Å². The summed E-state index contributed by atoms with van der Waals surface area (Å²) in [5.41, 5.74) is 0.797. The van der Waals surface area contributed by atoms with E-state index < -0.39 is 10.0 Å². The molecule has 0 radical (unpaired) electrons. The quantitative estimate of drug-likeness (QED) is 0.707. The molecule has 1 amide bonds. The first-order valence-electron chi connectivity index (χ1n) is 10.6. The third-order valence-corrected chi connectivity index (χ3v) is 7.57. The molecular formula is C23H28N2O4S. The van der Waals surface area contributed by atoms with Gasteiger partial charge in [-0.25, -0.2) is 13.1 Å². The second kappa shape index (κ2) is 9.18. The van der Waals surface area contributed by atoms with E-state index in [4.69, 9.17) is 4.42 Å². The maximum Gasteiger partial charge on any atom is 0.246 e. The van der Waals surface area contributed by atoms with E-state index in [1.807, 2.05) is 4.90 Å². The van der Waals surface area contributed by atoms with Crippen LogP contribution < -0.4 is 4.72 Å². The van der Waals surface area contributed by atoms with E-state index >= 15 is 0 Å². The van der Waals surface area contributed by atoms with Gasteiger partial charge in [-0.3, -0.25) is 4.79 Å². The normalized spacial score (nSPS) is 22.2. The minimum atomic E-state index is -3.62. The summed E-state index contributed by atoms with van der Waals surface area (Å²) in [5, 5.41) is 0. The number of piperidine rings is 1. The molecule has 2 aromatic rings. The highest BCUT2D eigenvalue weighted by atomic mass is 32.2. The van der Waals surface area contributed by atoms with Crippen molar-refractivity contribution in [2.75, 3.05) is 6.54 Å². The van der Waals surface area contributed by atoms with Crippen molar-refractivity contribution in [3.05, 3.63) is 60.1 Å². The SMILES string of the molecule is O=C(/C=C/c1ccc(S(=O)(=O)NCc2ccco2)cc1)N1CCCC2CCCCC21. The van der Waals surface area contributed by atoms with Crippen LogP contribution in [0.5, 0.6) is 0 Å². The average molecular weight is 429 g/mol. The van der Waals surface area contributed by atoms with Crippen LogP contribution in [-0.2, 0) is 21.4 Å². The predicted octanol–water partition coefficient (Wildman–Crippen LogP) is 3.95. The lowest BCUT2D eigenvalue weighted by molar-refractivity contribution is -0.132. The van der Waals surface area contributed by atoms with E-state index in [1.54, 1.807) is 48.6 Å². The van der Waals surface area contributed by atoms with Gasteiger partial charge in [-0.15, -0.1) is 0 Å². The number of sulfonamides is 1. The minimum absolute atomic E-state index is 0.0587. The Bertz CT molecular complexity index is 979. The van der Waals surface area contributed by atoms with Gasteiger partial charge in [0.15, 0.2) is 0 Å². The maximum absolute atomic E-state index is 12.8. The van der Waals surface area contributed by atoms with Crippen LogP contribution in [0.1, 0.15) is 49.8 Å². The summed E-state index contributed by atoms with van der Waals surface area (Å²) in [6.45, 7) is 0.937. The van der Waals surface area contributed by atoms with E-state index in [0.717, 1.165) is 24.9 Å². The van der Waals surface area contributed by atoms with Crippen LogP contribution in [0.25, 0.3) is 6.08 Å². The van der Waals surface area contributed by atoms with Gasteiger partial charge in [0.25, 0.3) is 0 Å². The number of rotatable bonds is 6. The fourth-order valence-electron chi connectivity index (χ4n) is 4.58. The zero-order valence-corrected chi connectivity index (χ0v) is 17.8. The molecule has 4 rings (SSSR count). The summed E-state index contributed by atoms with van der Waals surface area (Å²) >= 11 is 0. The van der Waals surface area contributed by atoms with Crippen LogP contribution >= 0.6 is 0 Å². The first kappa shape index (κ1) is 20.9. The van der Waals surface area contributed by atoms with Gasteiger partial charge in [-0.05, 0) is 67.5 Å². The number of nitrogens with zero attached hydrogens (tertiary/aromatic N) is 1.